The first kappa shape index (κ1) is 20.8. The highest BCUT2D eigenvalue weighted by Crippen LogP contribution is 2.40. The maximum Gasteiger partial charge on any atom is 0.410 e. The van der Waals surface area contributed by atoms with E-state index in [1.54, 1.807) is 28.0 Å². The Balaban J connectivity index is 1.61. The molecular formula is C22H22Cl2N2O4. The second-order valence-electron chi connectivity index (χ2n) is 8.31. The van der Waals surface area contributed by atoms with Gasteiger partial charge in [0, 0.05) is 35.3 Å². The van der Waals surface area contributed by atoms with Crippen molar-refractivity contribution in [1.82, 2.24) is 9.80 Å². The number of nitrogens with zero attached hydrogens (tertiary/aromatic N) is 2. The summed E-state index contributed by atoms with van der Waals surface area (Å²) in [6.45, 7) is 6.40. The molecule has 2 heterocycles. The Kier molecular flexibility index (Phi) is 5.32. The Hall–Kier alpha value is -2.44. The molecule has 0 spiro atoms. The van der Waals surface area contributed by atoms with Crippen molar-refractivity contribution in [2.75, 3.05) is 19.6 Å². The maximum atomic E-state index is 13.2. The van der Waals surface area contributed by atoms with Gasteiger partial charge in [-0.1, -0.05) is 41.4 Å². The lowest BCUT2D eigenvalue weighted by molar-refractivity contribution is -0.0444. The maximum absolute atomic E-state index is 13.2. The molecule has 30 heavy (non-hydrogen) atoms. The predicted molar refractivity (Wildman–Crippen MR) is 115 cm³/mol. The molecule has 0 radical (unpaired) electrons. The summed E-state index contributed by atoms with van der Waals surface area (Å²) >= 11 is 12.8. The molecule has 0 N–H and O–H groups in total. The van der Waals surface area contributed by atoms with E-state index in [0.29, 0.717) is 40.0 Å². The van der Waals surface area contributed by atoms with E-state index < -0.39 is 17.9 Å². The quantitative estimate of drug-likeness (QED) is 0.610. The Labute approximate surface area is 185 Å². The number of halogens is 2. The first-order chi connectivity index (χ1) is 14.1. The Morgan fingerprint density at radius 1 is 1.07 bits per heavy atom. The van der Waals surface area contributed by atoms with Crippen LogP contribution >= 0.6 is 23.2 Å². The van der Waals surface area contributed by atoms with Crippen LogP contribution in [0.15, 0.2) is 36.4 Å². The number of hydrogen-bond donors (Lipinski definition) is 0. The van der Waals surface area contributed by atoms with Crippen molar-refractivity contribution in [3.05, 3.63) is 52.0 Å². The van der Waals surface area contributed by atoms with E-state index in [9.17, 15) is 9.59 Å². The second-order valence-corrected chi connectivity index (χ2v) is 9.12. The zero-order valence-corrected chi connectivity index (χ0v) is 18.5. The van der Waals surface area contributed by atoms with E-state index in [1.165, 1.54) is 0 Å². The highest BCUT2D eigenvalue weighted by Gasteiger charge is 2.40. The van der Waals surface area contributed by atoms with E-state index in [4.69, 9.17) is 32.7 Å². The first-order valence-corrected chi connectivity index (χ1v) is 10.4. The van der Waals surface area contributed by atoms with Gasteiger partial charge in [0.25, 0.3) is 5.91 Å². The zero-order chi connectivity index (χ0) is 21.6. The highest BCUT2D eigenvalue weighted by molar-refractivity contribution is 6.36. The number of hydrogen-bond acceptors (Lipinski definition) is 4. The van der Waals surface area contributed by atoms with Crippen LogP contribution in [0.1, 0.15) is 31.1 Å². The largest absolute Gasteiger partial charge is 0.468 e. The number of carbonyl (C=O) groups is 2. The summed E-state index contributed by atoms with van der Waals surface area (Å²) in [6, 6.07) is 10.7. The van der Waals surface area contributed by atoms with Crippen LogP contribution in [0.3, 0.4) is 0 Å². The van der Waals surface area contributed by atoms with Crippen LogP contribution in [0.5, 0.6) is 5.75 Å². The minimum atomic E-state index is -0.591. The van der Waals surface area contributed by atoms with E-state index in [-0.39, 0.29) is 12.5 Å². The fraction of sp³-hybridized carbons (Fsp3) is 0.364. The molecule has 2 aromatic carbocycles. The van der Waals surface area contributed by atoms with Gasteiger partial charge in [-0.2, -0.15) is 0 Å². The molecule has 158 valence electrons. The van der Waals surface area contributed by atoms with Gasteiger partial charge < -0.3 is 14.4 Å². The molecule has 1 saturated heterocycles. The van der Waals surface area contributed by atoms with E-state index in [2.05, 4.69) is 0 Å². The topological polar surface area (TPSA) is 59.1 Å². The molecule has 6 nitrogen and oxygen atoms in total. The smallest absolute Gasteiger partial charge is 0.410 e. The SMILES string of the molecule is CC(C)(C)OC(=O)N1CCN2C(=O)c3cc(-c4ccccc4Cl)c(Cl)cc3OC2C1. The number of ether oxygens (including phenoxy) is 2. The van der Waals surface area contributed by atoms with Crippen LogP contribution in [-0.4, -0.2) is 53.3 Å². The third-order valence-electron chi connectivity index (χ3n) is 4.97. The van der Waals surface area contributed by atoms with Crippen molar-refractivity contribution in [2.45, 2.75) is 32.6 Å². The summed E-state index contributed by atoms with van der Waals surface area (Å²) < 4.78 is 11.5. The summed E-state index contributed by atoms with van der Waals surface area (Å²) in [5.74, 6) is 0.239. The Morgan fingerprint density at radius 3 is 2.50 bits per heavy atom. The number of amides is 2. The summed E-state index contributed by atoms with van der Waals surface area (Å²) in [4.78, 5) is 28.8. The molecule has 2 aliphatic rings. The van der Waals surface area contributed by atoms with Gasteiger partial charge in [0.05, 0.1) is 17.1 Å². The van der Waals surface area contributed by atoms with Crippen LogP contribution in [0.4, 0.5) is 4.79 Å². The van der Waals surface area contributed by atoms with Gasteiger partial charge in [0.1, 0.15) is 11.4 Å². The Morgan fingerprint density at radius 2 is 1.80 bits per heavy atom. The third-order valence-corrected chi connectivity index (χ3v) is 5.62. The minimum Gasteiger partial charge on any atom is -0.468 e. The van der Waals surface area contributed by atoms with Crippen LogP contribution in [0.2, 0.25) is 10.0 Å². The minimum absolute atomic E-state index is 0.157. The summed E-state index contributed by atoms with van der Waals surface area (Å²) in [5.41, 5.74) is 1.25. The fourth-order valence-electron chi connectivity index (χ4n) is 3.58. The predicted octanol–water partition coefficient (Wildman–Crippen LogP) is 5.07. The van der Waals surface area contributed by atoms with Crippen molar-refractivity contribution in [2.24, 2.45) is 0 Å². The normalized spacial score (nSPS) is 18.4. The lowest BCUT2D eigenvalue weighted by Crippen LogP contribution is -2.60. The molecule has 0 bridgehead atoms. The van der Waals surface area contributed by atoms with Gasteiger partial charge in [-0.05, 0) is 32.9 Å². The van der Waals surface area contributed by atoms with Crippen molar-refractivity contribution in [3.8, 4) is 16.9 Å². The molecule has 2 aromatic rings. The fourth-order valence-corrected chi connectivity index (χ4v) is 4.08. The van der Waals surface area contributed by atoms with Gasteiger partial charge >= 0.3 is 6.09 Å². The van der Waals surface area contributed by atoms with Gasteiger partial charge in [-0.25, -0.2) is 4.79 Å². The van der Waals surface area contributed by atoms with Crippen LogP contribution < -0.4 is 4.74 Å². The van der Waals surface area contributed by atoms with Crippen molar-refractivity contribution in [3.63, 3.8) is 0 Å². The summed E-state index contributed by atoms with van der Waals surface area (Å²) in [5, 5.41) is 0.982. The molecule has 1 atom stereocenters. The molecular weight excluding hydrogens is 427 g/mol. The van der Waals surface area contributed by atoms with Crippen LogP contribution in [-0.2, 0) is 4.74 Å². The molecule has 0 aliphatic carbocycles. The lowest BCUT2D eigenvalue weighted by atomic mass is 10.00. The van der Waals surface area contributed by atoms with Crippen molar-refractivity contribution >= 4 is 35.2 Å². The van der Waals surface area contributed by atoms with Crippen molar-refractivity contribution < 1.29 is 19.1 Å². The molecule has 0 saturated carbocycles. The number of fused-ring (bicyclic) bond motifs is 2. The van der Waals surface area contributed by atoms with Gasteiger partial charge in [-0.3, -0.25) is 9.69 Å². The Bertz CT molecular complexity index is 1020. The zero-order valence-electron chi connectivity index (χ0n) is 16.9. The van der Waals surface area contributed by atoms with Crippen molar-refractivity contribution in [1.29, 1.82) is 0 Å². The second kappa shape index (κ2) is 7.67. The van der Waals surface area contributed by atoms with Gasteiger partial charge in [0.15, 0.2) is 6.23 Å². The molecule has 2 amide bonds. The van der Waals surface area contributed by atoms with Gasteiger partial charge in [-0.15, -0.1) is 0 Å². The number of carbonyl (C=O) groups excluding carboxylic acids is 2. The van der Waals surface area contributed by atoms with E-state index in [1.807, 2.05) is 39.0 Å². The monoisotopic (exact) mass is 448 g/mol. The molecule has 0 aromatic heterocycles. The summed E-state index contributed by atoms with van der Waals surface area (Å²) in [7, 11) is 0. The third kappa shape index (κ3) is 3.94. The molecule has 1 unspecified atom stereocenters. The van der Waals surface area contributed by atoms with Gasteiger partial charge in [0.2, 0.25) is 0 Å². The highest BCUT2D eigenvalue weighted by atomic mass is 35.5. The van der Waals surface area contributed by atoms with E-state index >= 15 is 0 Å². The summed E-state index contributed by atoms with van der Waals surface area (Å²) in [6.07, 6.45) is -1.01. The molecule has 1 fully saturated rings. The average molecular weight is 449 g/mol. The number of piperazine rings is 1. The molecule has 8 heteroatoms. The van der Waals surface area contributed by atoms with Crippen LogP contribution in [0, 0.1) is 0 Å². The standard InChI is InChI=1S/C22H22Cl2N2O4/c1-22(2,3)30-21(28)25-8-9-26-19(12-25)29-18-11-17(24)14(10-15(18)20(26)27)13-6-4-5-7-16(13)23/h4-7,10-11,19H,8-9,12H2,1-3H3. The average Bonchev–Trinajstić information content (AvgIpc) is 2.67. The number of rotatable bonds is 1. The van der Waals surface area contributed by atoms with Crippen LogP contribution in [0.25, 0.3) is 11.1 Å². The molecule has 2 aliphatic heterocycles. The molecule has 4 rings (SSSR count). The number of benzene rings is 2. The first-order valence-electron chi connectivity index (χ1n) is 9.68. The lowest BCUT2D eigenvalue weighted by Gasteiger charge is -2.43. The van der Waals surface area contributed by atoms with E-state index in [0.717, 1.165) is 5.56 Å².